The van der Waals surface area contributed by atoms with Crippen molar-refractivity contribution in [1.29, 1.82) is 0 Å². The van der Waals surface area contributed by atoms with Crippen LogP contribution in [0.15, 0.2) is 18.2 Å². The SMILES string of the molecule is NCC1(NC(=O)c2cc(F)cc(C(F)(F)F)c2)CCCC1. The summed E-state index contributed by atoms with van der Waals surface area (Å²) in [5.74, 6) is -1.82. The molecule has 1 aromatic carbocycles. The summed E-state index contributed by atoms with van der Waals surface area (Å²) in [5.41, 5.74) is 3.53. The highest BCUT2D eigenvalue weighted by molar-refractivity contribution is 5.95. The van der Waals surface area contributed by atoms with Gasteiger partial charge in [-0.3, -0.25) is 4.79 Å². The minimum absolute atomic E-state index is 0.209. The first-order chi connectivity index (χ1) is 9.76. The highest BCUT2D eigenvalue weighted by Gasteiger charge is 2.35. The first-order valence-electron chi connectivity index (χ1n) is 6.66. The monoisotopic (exact) mass is 304 g/mol. The molecule has 3 nitrogen and oxygen atoms in total. The number of hydrogen-bond acceptors (Lipinski definition) is 2. The molecule has 0 saturated heterocycles. The van der Waals surface area contributed by atoms with Crippen molar-refractivity contribution in [3.05, 3.63) is 35.1 Å². The Balaban J connectivity index is 2.25. The van der Waals surface area contributed by atoms with E-state index in [2.05, 4.69) is 5.32 Å². The fraction of sp³-hybridized carbons (Fsp3) is 0.500. The van der Waals surface area contributed by atoms with E-state index in [0.717, 1.165) is 18.9 Å². The van der Waals surface area contributed by atoms with Crippen LogP contribution in [-0.2, 0) is 6.18 Å². The predicted octanol–water partition coefficient (Wildman–Crippen LogP) is 2.85. The summed E-state index contributed by atoms with van der Waals surface area (Å²) in [6.45, 7) is 0.209. The lowest BCUT2D eigenvalue weighted by molar-refractivity contribution is -0.137. The lowest BCUT2D eigenvalue weighted by Gasteiger charge is -2.28. The van der Waals surface area contributed by atoms with E-state index in [-0.39, 0.29) is 12.1 Å². The summed E-state index contributed by atoms with van der Waals surface area (Å²) in [4.78, 5) is 12.1. The number of rotatable bonds is 3. The predicted molar refractivity (Wildman–Crippen MR) is 69.1 cm³/mol. The third kappa shape index (κ3) is 3.53. The summed E-state index contributed by atoms with van der Waals surface area (Å²) in [5, 5.41) is 2.67. The molecule has 1 fully saturated rings. The van der Waals surface area contributed by atoms with Crippen LogP contribution in [0.5, 0.6) is 0 Å². The number of nitrogens with one attached hydrogen (secondary N) is 1. The number of nitrogens with two attached hydrogens (primary N) is 1. The molecule has 1 aliphatic carbocycles. The van der Waals surface area contributed by atoms with Crippen molar-refractivity contribution in [2.45, 2.75) is 37.4 Å². The number of alkyl halides is 3. The van der Waals surface area contributed by atoms with Crippen LogP contribution in [0.2, 0.25) is 0 Å². The topological polar surface area (TPSA) is 55.1 Å². The summed E-state index contributed by atoms with van der Waals surface area (Å²) in [6.07, 6.45) is -1.55. The van der Waals surface area contributed by atoms with E-state index in [1.54, 1.807) is 0 Å². The van der Waals surface area contributed by atoms with Gasteiger partial charge < -0.3 is 11.1 Å². The zero-order valence-corrected chi connectivity index (χ0v) is 11.3. The van der Waals surface area contributed by atoms with Crippen molar-refractivity contribution in [2.75, 3.05) is 6.54 Å². The van der Waals surface area contributed by atoms with Crippen molar-refractivity contribution >= 4 is 5.91 Å². The molecule has 0 heterocycles. The summed E-state index contributed by atoms with van der Waals surface area (Å²) in [6, 6.07) is 1.81. The molecule has 2 rings (SSSR count). The van der Waals surface area contributed by atoms with Gasteiger partial charge in [0.05, 0.1) is 11.1 Å². The molecule has 1 saturated carbocycles. The second-order valence-electron chi connectivity index (χ2n) is 5.37. The molecule has 0 radical (unpaired) electrons. The van der Waals surface area contributed by atoms with Gasteiger partial charge in [0.25, 0.3) is 5.91 Å². The quantitative estimate of drug-likeness (QED) is 0.844. The highest BCUT2D eigenvalue weighted by atomic mass is 19.4. The van der Waals surface area contributed by atoms with Crippen LogP contribution in [0, 0.1) is 5.82 Å². The molecular formula is C14H16F4N2O. The van der Waals surface area contributed by atoms with Gasteiger partial charge in [-0.15, -0.1) is 0 Å². The van der Waals surface area contributed by atoms with Gasteiger partial charge in [0.2, 0.25) is 0 Å². The van der Waals surface area contributed by atoms with Gasteiger partial charge >= 0.3 is 6.18 Å². The number of carbonyl (C=O) groups is 1. The van der Waals surface area contributed by atoms with Crippen LogP contribution in [-0.4, -0.2) is 18.0 Å². The van der Waals surface area contributed by atoms with Crippen molar-refractivity contribution < 1.29 is 22.4 Å². The lowest BCUT2D eigenvalue weighted by atomic mass is 9.97. The Morgan fingerprint density at radius 3 is 2.38 bits per heavy atom. The Bertz CT molecular complexity index is 536. The zero-order valence-electron chi connectivity index (χ0n) is 11.3. The molecule has 116 valence electrons. The first-order valence-corrected chi connectivity index (χ1v) is 6.66. The van der Waals surface area contributed by atoms with E-state index in [1.165, 1.54) is 0 Å². The Morgan fingerprint density at radius 2 is 1.86 bits per heavy atom. The number of halogens is 4. The van der Waals surface area contributed by atoms with Crippen LogP contribution in [0.3, 0.4) is 0 Å². The minimum Gasteiger partial charge on any atom is -0.345 e. The van der Waals surface area contributed by atoms with E-state index in [1.807, 2.05) is 0 Å². The summed E-state index contributed by atoms with van der Waals surface area (Å²) >= 11 is 0. The second kappa shape index (κ2) is 5.63. The van der Waals surface area contributed by atoms with Gasteiger partial charge in [-0.1, -0.05) is 12.8 Å². The molecule has 1 amide bonds. The maximum absolute atomic E-state index is 13.3. The summed E-state index contributed by atoms with van der Waals surface area (Å²) in [7, 11) is 0. The molecular weight excluding hydrogens is 288 g/mol. The van der Waals surface area contributed by atoms with Crippen LogP contribution in [0.25, 0.3) is 0 Å². The minimum atomic E-state index is -4.70. The first kappa shape index (κ1) is 15.8. The molecule has 0 aromatic heterocycles. The van der Waals surface area contributed by atoms with E-state index < -0.39 is 29.0 Å². The molecule has 1 aromatic rings. The van der Waals surface area contributed by atoms with E-state index in [9.17, 15) is 22.4 Å². The number of carbonyl (C=O) groups excluding carboxylic acids is 1. The zero-order chi connectivity index (χ0) is 15.7. The van der Waals surface area contributed by atoms with E-state index >= 15 is 0 Å². The van der Waals surface area contributed by atoms with Crippen molar-refractivity contribution in [3.8, 4) is 0 Å². The van der Waals surface area contributed by atoms with Gasteiger partial charge in [0.15, 0.2) is 0 Å². The van der Waals surface area contributed by atoms with Crippen molar-refractivity contribution in [1.82, 2.24) is 5.32 Å². The van der Waals surface area contributed by atoms with Gasteiger partial charge in [-0.25, -0.2) is 4.39 Å². The van der Waals surface area contributed by atoms with Crippen LogP contribution in [0.1, 0.15) is 41.6 Å². The van der Waals surface area contributed by atoms with Gasteiger partial charge in [-0.2, -0.15) is 13.2 Å². The van der Waals surface area contributed by atoms with E-state index in [0.29, 0.717) is 25.0 Å². The Kier molecular flexibility index (Phi) is 4.22. The standard InChI is InChI=1S/C14H16F4N2O/c15-11-6-9(5-10(7-11)14(16,17)18)12(21)20-13(8-19)3-1-2-4-13/h5-7H,1-4,8,19H2,(H,20,21). The average Bonchev–Trinajstić information content (AvgIpc) is 2.86. The molecule has 0 aliphatic heterocycles. The third-order valence-electron chi connectivity index (χ3n) is 3.82. The maximum Gasteiger partial charge on any atom is 0.416 e. The number of amides is 1. The maximum atomic E-state index is 13.3. The molecule has 3 N–H and O–H groups in total. The molecule has 7 heteroatoms. The Morgan fingerprint density at radius 1 is 1.24 bits per heavy atom. The van der Waals surface area contributed by atoms with Crippen LogP contribution < -0.4 is 11.1 Å². The normalized spacial score (nSPS) is 17.8. The van der Waals surface area contributed by atoms with Crippen LogP contribution in [0.4, 0.5) is 17.6 Å². The van der Waals surface area contributed by atoms with Crippen LogP contribution >= 0.6 is 0 Å². The average molecular weight is 304 g/mol. The Labute approximate surface area is 119 Å². The van der Waals surface area contributed by atoms with E-state index in [4.69, 9.17) is 5.73 Å². The van der Waals surface area contributed by atoms with Gasteiger partial charge in [0.1, 0.15) is 5.82 Å². The fourth-order valence-corrected chi connectivity index (χ4v) is 2.63. The molecule has 0 bridgehead atoms. The summed E-state index contributed by atoms with van der Waals surface area (Å²) < 4.78 is 51.2. The Hall–Kier alpha value is -1.63. The molecule has 0 atom stereocenters. The molecule has 0 spiro atoms. The largest absolute Gasteiger partial charge is 0.416 e. The van der Waals surface area contributed by atoms with Gasteiger partial charge in [0, 0.05) is 12.1 Å². The smallest absolute Gasteiger partial charge is 0.345 e. The molecule has 21 heavy (non-hydrogen) atoms. The fourth-order valence-electron chi connectivity index (χ4n) is 2.63. The third-order valence-corrected chi connectivity index (χ3v) is 3.82. The van der Waals surface area contributed by atoms with Crippen molar-refractivity contribution in [3.63, 3.8) is 0 Å². The van der Waals surface area contributed by atoms with Crippen molar-refractivity contribution in [2.24, 2.45) is 5.73 Å². The number of benzene rings is 1. The molecule has 1 aliphatic rings. The lowest BCUT2D eigenvalue weighted by Crippen LogP contribution is -2.51. The number of hydrogen-bond donors (Lipinski definition) is 2. The highest BCUT2D eigenvalue weighted by Crippen LogP contribution is 2.31. The second-order valence-corrected chi connectivity index (χ2v) is 5.37. The molecule has 0 unspecified atom stereocenters. The van der Waals surface area contributed by atoms with Gasteiger partial charge in [-0.05, 0) is 31.0 Å².